The van der Waals surface area contributed by atoms with Crippen molar-refractivity contribution in [3.05, 3.63) is 35.6 Å². The number of nitrogens with zero attached hydrogens (tertiary/aromatic N) is 2. The van der Waals surface area contributed by atoms with Crippen LogP contribution in [0.3, 0.4) is 0 Å². The van der Waals surface area contributed by atoms with E-state index in [0.717, 1.165) is 31.5 Å². The number of hydrogen-bond acceptors (Lipinski definition) is 3. The number of hydrogen-bond donors (Lipinski definition) is 1. The second kappa shape index (κ2) is 6.86. The Morgan fingerprint density at radius 1 is 1.14 bits per heavy atom. The summed E-state index contributed by atoms with van der Waals surface area (Å²) in [6.07, 6.45) is 2.15. The van der Waals surface area contributed by atoms with Gasteiger partial charge in [-0.3, -0.25) is 4.90 Å². The molecule has 3 rings (SSSR count). The molecule has 0 atom stereocenters. The van der Waals surface area contributed by atoms with Crippen LogP contribution in [0.2, 0.25) is 0 Å². The van der Waals surface area contributed by atoms with Crippen LogP contribution < -0.4 is 5.32 Å². The molecule has 0 aromatic heterocycles. The normalized spacial score (nSPS) is 27.5. The average Bonchev–Trinajstić information content (AvgIpc) is 2.45. The first-order valence-corrected chi connectivity index (χ1v) is 8.11. The lowest BCUT2D eigenvalue weighted by atomic mass is 9.75. The quantitative estimate of drug-likeness (QED) is 0.894. The fourth-order valence-corrected chi connectivity index (χ4v) is 3.34. The molecule has 2 aliphatic rings. The third-order valence-corrected chi connectivity index (χ3v) is 4.94. The molecule has 0 amide bonds. The molecule has 3 nitrogen and oxygen atoms in total. The Bertz CT molecular complexity index is 451. The molecule has 0 unspecified atom stereocenters. The molecule has 1 aromatic rings. The third kappa shape index (κ3) is 3.82. The number of rotatable bonds is 5. The zero-order chi connectivity index (χ0) is 14.7. The smallest absolute Gasteiger partial charge is 0.126 e. The van der Waals surface area contributed by atoms with Crippen LogP contribution in [0.15, 0.2) is 24.3 Å². The van der Waals surface area contributed by atoms with Crippen LogP contribution in [-0.4, -0.2) is 62.2 Å². The first-order chi connectivity index (χ1) is 10.2. The third-order valence-electron chi connectivity index (χ3n) is 4.94. The Kier molecular flexibility index (Phi) is 4.88. The summed E-state index contributed by atoms with van der Waals surface area (Å²) in [5.74, 6) is 0.366. The minimum atomic E-state index is -0.0432. The number of piperazine rings is 1. The van der Waals surface area contributed by atoms with Gasteiger partial charge in [-0.05, 0) is 37.4 Å². The Balaban J connectivity index is 1.33. The van der Waals surface area contributed by atoms with Gasteiger partial charge >= 0.3 is 0 Å². The van der Waals surface area contributed by atoms with Gasteiger partial charge in [-0.1, -0.05) is 18.2 Å². The van der Waals surface area contributed by atoms with Gasteiger partial charge in [-0.25, -0.2) is 4.39 Å². The SMILES string of the molecule is CN1CCN(CCNC2CC(c3ccccc3F)C2)CC1. The zero-order valence-corrected chi connectivity index (χ0v) is 12.9. The summed E-state index contributed by atoms with van der Waals surface area (Å²) in [4.78, 5) is 4.91. The molecule has 1 saturated carbocycles. The molecular formula is C17H26FN3. The van der Waals surface area contributed by atoms with Crippen molar-refractivity contribution in [1.82, 2.24) is 15.1 Å². The minimum absolute atomic E-state index is 0.0432. The second-order valence-corrected chi connectivity index (χ2v) is 6.49. The summed E-state index contributed by atoms with van der Waals surface area (Å²) >= 11 is 0. The average molecular weight is 291 g/mol. The van der Waals surface area contributed by atoms with Gasteiger partial charge < -0.3 is 10.2 Å². The van der Waals surface area contributed by atoms with E-state index < -0.39 is 0 Å². The summed E-state index contributed by atoms with van der Waals surface area (Å²) in [7, 11) is 2.19. The van der Waals surface area contributed by atoms with Crippen molar-refractivity contribution in [3.8, 4) is 0 Å². The standard InChI is InChI=1S/C17H26FN3/c1-20-8-10-21(11-9-20)7-6-19-15-12-14(13-15)16-4-2-3-5-17(16)18/h2-5,14-15,19H,6-13H2,1H3. The Labute approximate surface area is 127 Å². The van der Waals surface area contributed by atoms with Crippen LogP contribution in [0.4, 0.5) is 4.39 Å². The summed E-state index contributed by atoms with van der Waals surface area (Å²) in [5, 5.41) is 3.62. The van der Waals surface area contributed by atoms with Crippen molar-refractivity contribution in [2.24, 2.45) is 0 Å². The fourth-order valence-electron chi connectivity index (χ4n) is 3.34. The van der Waals surface area contributed by atoms with Gasteiger partial charge in [-0.2, -0.15) is 0 Å². The van der Waals surface area contributed by atoms with Crippen molar-refractivity contribution in [2.45, 2.75) is 24.8 Å². The van der Waals surface area contributed by atoms with Gasteiger partial charge in [0.15, 0.2) is 0 Å². The van der Waals surface area contributed by atoms with E-state index in [4.69, 9.17) is 0 Å². The molecule has 1 aliphatic heterocycles. The number of likely N-dealkylation sites (N-methyl/N-ethyl adjacent to an activating group) is 1. The Hall–Kier alpha value is -0.970. The summed E-state index contributed by atoms with van der Waals surface area (Å²) < 4.78 is 13.7. The van der Waals surface area contributed by atoms with Crippen molar-refractivity contribution < 1.29 is 4.39 Å². The lowest BCUT2D eigenvalue weighted by Crippen LogP contribution is -2.48. The lowest BCUT2D eigenvalue weighted by molar-refractivity contribution is 0.150. The molecule has 116 valence electrons. The van der Waals surface area contributed by atoms with E-state index in [1.54, 1.807) is 12.1 Å². The fraction of sp³-hybridized carbons (Fsp3) is 0.647. The van der Waals surface area contributed by atoms with Gasteiger partial charge in [-0.15, -0.1) is 0 Å². The highest BCUT2D eigenvalue weighted by atomic mass is 19.1. The molecule has 2 fully saturated rings. The largest absolute Gasteiger partial charge is 0.313 e. The van der Waals surface area contributed by atoms with Crippen molar-refractivity contribution in [3.63, 3.8) is 0 Å². The molecule has 4 heteroatoms. The summed E-state index contributed by atoms with van der Waals surface area (Å²) in [6.45, 7) is 6.91. The van der Waals surface area contributed by atoms with Gasteiger partial charge in [0.25, 0.3) is 0 Å². The van der Waals surface area contributed by atoms with Gasteiger partial charge in [0, 0.05) is 45.3 Å². The predicted molar refractivity (Wildman–Crippen MR) is 84.1 cm³/mol. The maximum Gasteiger partial charge on any atom is 0.126 e. The topological polar surface area (TPSA) is 18.5 Å². The van der Waals surface area contributed by atoms with E-state index in [2.05, 4.69) is 22.2 Å². The van der Waals surface area contributed by atoms with Crippen LogP contribution in [0.1, 0.15) is 24.3 Å². The van der Waals surface area contributed by atoms with Crippen LogP contribution in [0.5, 0.6) is 0 Å². The van der Waals surface area contributed by atoms with Crippen molar-refractivity contribution in [1.29, 1.82) is 0 Å². The number of halogens is 1. The van der Waals surface area contributed by atoms with Crippen LogP contribution in [0.25, 0.3) is 0 Å². The molecular weight excluding hydrogens is 265 g/mol. The molecule has 1 aliphatic carbocycles. The molecule has 1 saturated heterocycles. The summed E-state index contributed by atoms with van der Waals surface area (Å²) in [6, 6.07) is 7.78. The number of benzene rings is 1. The molecule has 1 heterocycles. The molecule has 1 aromatic carbocycles. The highest BCUT2D eigenvalue weighted by molar-refractivity contribution is 5.24. The maximum absolute atomic E-state index is 13.7. The molecule has 0 bridgehead atoms. The maximum atomic E-state index is 13.7. The van der Waals surface area contributed by atoms with Gasteiger partial charge in [0.05, 0.1) is 0 Å². The van der Waals surface area contributed by atoms with Crippen molar-refractivity contribution >= 4 is 0 Å². The minimum Gasteiger partial charge on any atom is -0.313 e. The Morgan fingerprint density at radius 3 is 2.57 bits per heavy atom. The highest BCUT2D eigenvalue weighted by Gasteiger charge is 2.31. The first kappa shape index (κ1) is 14.9. The van der Waals surface area contributed by atoms with Crippen LogP contribution >= 0.6 is 0 Å². The van der Waals surface area contributed by atoms with E-state index in [-0.39, 0.29) is 5.82 Å². The van der Waals surface area contributed by atoms with E-state index in [1.165, 1.54) is 26.2 Å². The second-order valence-electron chi connectivity index (χ2n) is 6.49. The summed E-state index contributed by atoms with van der Waals surface area (Å²) in [5.41, 5.74) is 0.898. The van der Waals surface area contributed by atoms with E-state index in [9.17, 15) is 4.39 Å². The molecule has 0 radical (unpaired) electrons. The predicted octanol–water partition coefficient (Wildman–Crippen LogP) is 1.91. The Morgan fingerprint density at radius 2 is 1.86 bits per heavy atom. The van der Waals surface area contributed by atoms with E-state index >= 15 is 0 Å². The zero-order valence-electron chi connectivity index (χ0n) is 12.9. The monoisotopic (exact) mass is 291 g/mol. The van der Waals surface area contributed by atoms with Gasteiger partial charge in [0.1, 0.15) is 5.82 Å². The van der Waals surface area contributed by atoms with Crippen molar-refractivity contribution in [2.75, 3.05) is 46.3 Å². The molecule has 21 heavy (non-hydrogen) atoms. The first-order valence-electron chi connectivity index (χ1n) is 8.11. The number of nitrogens with one attached hydrogen (secondary N) is 1. The highest BCUT2D eigenvalue weighted by Crippen LogP contribution is 2.37. The van der Waals surface area contributed by atoms with Crippen LogP contribution in [-0.2, 0) is 0 Å². The van der Waals surface area contributed by atoms with E-state index in [0.29, 0.717) is 12.0 Å². The molecule has 0 spiro atoms. The lowest BCUT2D eigenvalue weighted by Gasteiger charge is -2.38. The van der Waals surface area contributed by atoms with Gasteiger partial charge in [0.2, 0.25) is 0 Å². The molecule has 1 N–H and O–H groups in total. The van der Waals surface area contributed by atoms with Crippen LogP contribution in [0, 0.1) is 5.82 Å². The van der Waals surface area contributed by atoms with E-state index in [1.807, 2.05) is 12.1 Å².